The minimum Gasteiger partial charge on any atom is -0.481 e. The number of aliphatic carboxylic acids is 1. The minimum atomic E-state index is -1.59. The van der Waals surface area contributed by atoms with Crippen LogP contribution in [-0.2, 0) is 9.22 Å². The molecule has 2 N–H and O–H groups in total. The number of aliphatic hydroxyl groups excluding tert-OH is 1. The third-order valence-electron chi connectivity index (χ3n) is 3.57. The topological polar surface area (TPSA) is 66.8 Å². The summed E-state index contributed by atoms with van der Waals surface area (Å²) in [5.74, 6) is -0.833. The quantitative estimate of drug-likeness (QED) is 0.550. The van der Waals surface area contributed by atoms with Crippen molar-refractivity contribution >= 4 is 14.3 Å². The molecule has 0 radical (unpaired) electrons. The lowest BCUT2D eigenvalue weighted by molar-refractivity contribution is -0.134. The average Bonchev–Trinajstić information content (AvgIpc) is 2.21. The molecule has 0 amide bonds. The Balaban J connectivity index is 0. The highest BCUT2D eigenvalue weighted by molar-refractivity contribution is 6.74. The predicted molar refractivity (Wildman–Crippen MR) is 86.6 cm³/mol. The Morgan fingerprint density at radius 3 is 2.00 bits per heavy atom. The number of hydrogen-bond acceptors (Lipinski definition) is 3. The molecular formula is C15H34O4Si. The summed E-state index contributed by atoms with van der Waals surface area (Å²) in [6.45, 7) is 15.0. The maximum atomic E-state index is 9.00. The van der Waals surface area contributed by atoms with Crippen LogP contribution in [0.1, 0.15) is 60.3 Å². The normalized spacial score (nSPS) is 13.4. The van der Waals surface area contributed by atoms with Crippen LogP contribution < -0.4 is 0 Å². The van der Waals surface area contributed by atoms with Crippen LogP contribution in [0, 0.1) is 0 Å². The Kier molecular flexibility index (Phi) is 11.3. The first-order valence-electron chi connectivity index (χ1n) is 7.42. The van der Waals surface area contributed by atoms with Gasteiger partial charge in [-0.1, -0.05) is 33.6 Å². The summed E-state index contributed by atoms with van der Waals surface area (Å²) in [5.41, 5.74) is 0. The molecule has 0 saturated carbocycles. The molecule has 1 unspecified atom stereocenters. The Morgan fingerprint density at radius 1 is 1.20 bits per heavy atom. The first kappa shape index (κ1) is 21.9. The van der Waals surface area contributed by atoms with Gasteiger partial charge in [-0.05, 0) is 37.9 Å². The van der Waals surface area contributed by atoms with Gasteiger partial charge in [0.05, 0.1) is 0 Å². The lowest BCUT2D eigenvalue weighted by Crippen LogP contribution is -2.43. The number of aliphatic hydroxyl groups is 1. The molecule has 0 aromatic carbocycles. The fourth-order valence-corrected chi connectivity index (χ4v) is 2.94. The molecule has 122 valence electrons. The van der Waals surface area contributed by atoms with Gasteiger partial charge in [0.1, 0.15) is 0 Å². The van der Waals surface area contributed by atoms with Gasteiger partial charge in [-0.15, -0.1) is 0 Å². The van der Waals surface area contributed by atoms with E-state index in [0.29, 0.717) is 17.7 Å². The molecule has 0 fully saturated rings. The van der Waals surface area contributed by atoms with Crippen LogP contribution in [0.25, 0.3) is 0 Å². The molecule has 0 saturated heterocycles. The van der Waals surface area contributed by atoms with Crippen LogP contribution in [0.15, 0.2) is 0 Å². The van der Waals surface area contributed by atoms with Gasteiger partial charge in [-0.3, -0.25) is 4.79 Å². The second-order valence-electron chi connectivity index (χ2n) is 6.78. The molecule has 0 heterocycles. The number of carboxylic acid groups (broad SMARTS) is 1. The summed E-state index contributed by atoms with van der Waals surface area (Å²) in [5, 5.41) is 16.4. The Labute approximate surface area is 125 Å². The van der Waals surface area contributed by atoms with E-state index in [-0.39, 0.29) is 0 Å². The first-order valence-corrected chi connectivity index (χ1v) is 10.3. The first-order chi connectivity index (χ1) is 8.94. The van der Waals surface area contributed by atoms with E-state index < -0.39 is 14.3 Å². The van der Waals surface area contributed by atoms with E-state index in [1.807, 2.05) is 0 Å². The summed E-state index contributed by atoms with van der Waals surface area (Å²) in [4.78, 5) is 9.00. The highest BCUT2D eigenvalue weighted by Crippen LogP contribution is 2.37. The van der Waals surface area contributed by atoms with Crippen molar-refractivity contribution in [3.63, 3.8) is 0 Å². The number of hydrogen-bond donors (Lipinski definition) is 2. The number of carbonyl (C=O) groups is 1. The van der Waals surface area contributed by atoms with Crippen LogP contribution in [0.3, 0.4) is 0 Å². The van der Waals surface area contributed by atoms with Gasteiger partial charge in [0.2, 0.25) is 0 Å². The zero-order valence-corrected chi connectivity index (χ0v) is 15.3. The van der Waals surface area contributed by atoms with Crippen molar-refractivity contribution in [2.45, 2.75) is 84.5 Å². The third-order valence-corrected chi connectivity index (χ3v) is 8.17. The Bertz CT molecular complexity index is 255. The minimum absolute atomic E-state index is 0.298. The lowest BCUT2D eigenvalue weighted by atomic mass is 10.1. The monoisotopic (exact) mass is 306 g/mol. The van der Waals surface area contributed by atoms with Crippen molar-refractivity contribution in [1.29, 1.82) is 0 Å². The molecule has 0 aromatic heterocycles. The van der Waals surface area contributed by atoms with Crippen LogP contribution in [0.2, 0.25) is 18.1 Å². The lowest BCUT2D eigenvalue weighted by Gasteiger charge is -2.38. The van der Waals surface area contributed by atoms with E-state index in [4.69, 9.17) is 19.4 Å². The molecule has 0 aliphatic rings. The second kappa shape index (κ2) is 10.4. The molecule has 20 heavy (non-hydrogen) atoms. The zero-order valence-electron chi connectivity index (χ0n) is 14.3. The van der Waals surface area contributed by atoms with Gasteiger partial charge in [0, 0.05) is 19.6 Å². The highest BCUT2D eigenvalue weighted by atomic mass is 28.4. The van der Waals surface area contributed by atoms with E-state index in [1.54, 1.807) is 0 Å². The SMILES string of the molecule is CC(=O)O.CC(CCCCCO)O[Si](C)(C)C(C)(C)C. The van der Waals surface area contributed by atoms with Crippen LogP contribution in [-0.4, -0.2) is 37.2 Å². The second-order valence-corrected chi connectivity index (χ2v) is 11.5. The molecule has 0 rings (SSSR count). The van der Waals surface area contributed by atoms with Gasteiger partial charge in [-0.2, -0.15) is 0 Å². The largest absolute Gasteiger partial charge is 0.481 e. The van der Waals surface area contributed by atoms with Gasteiger partial charge in [0.25, 0.3) is 5.97 Å². The van der Waals surface area contributed by atoms with E-state index >= 15 is 0 Å². The number of unbranched alkanes of at least 4 members (excludes halogenated alkanes) is 2. The highest BCUT2D eigenvalue weighted by Gasteiger charge is 2.38. The third kappa shape index (κ3) is 12.6. The van der Waals surface area contributed by atoms with Crippen LogP contribution in [0.5, 0.6) is 0 Å². The Morgan fingerprint density at radius 2 is 1.65 bits per heavy atom. The van der Waals surface area contributed by atoms with Crippen molar-refractivity contribution in [3.05, 3.63) is 0 Å². The zero-order chi connectivity index (χ0) is 16.4. The fraction of sp³-hybridized carbons (Fsp3) is 0.933. The van der Waals surface area contributed by atoms with Gasteiger partial charge >= 0.3 is 0 Å². The van der Waals surface area contributed by atoms with Crippen molar-refractivity contribution in [2.24, 2.45) is 0 Å². The summed E-state index contributed by atoms with van der Waals surface area (Å²) >= 11 is 0. The van der Waals surface area contributed by atoms with Crippen LogP contribution >= 0.6 is 0 Å². The van der Waals surface area contributed by atoms with E-state index in [2.05, 4.69) is 40.8 Å². The maximum absolute atomic E-state index is 9.00. The molecule has 5 heteroatoms. The molecule has 0 spiro atoms. The molecule has 0 aliphatic heterocycles. The van der Waals surface area contributed by atoms with Crippen molar-refractivity contribution < 1.29 is 19.4 Å². The van der Waals surface area contributed by atoms with Crippen molar-refractivity contribution in [3.8, 4) is 0 Å². The number of rotatable bonds is 7. The summed E-state index contributed by atoms with van der Waals surface area (Å²) in [7, 11) is -1.59. The Hall–Kier alpha value is -0.393. The summed E-state index contributed by atoms with van der Waals surface area (Å²) in [6, 6.07) is 0. The predicted octanol–water partition coefficient (Wildman–Crippen LogP) is 4.04. The summed E-state index contributed by atoms with van der Waals surface area (Å²) < 4.78 is 6.26. The van der Waals surface area contributed by atoms with Gasteiger partial charge in [-0.25, -0.2) is 0 Å². The molecule has 4 nitrogen and oxygen atoms in total. The average molecular weight is 307 g/mol. The van der Waals surface area contributed by atoms with E-state index in [9.17, 15) is 0 Å². The molecule has 0 aromatic rings. The molecule has 1 atom stereocenters. The summed E-state index contributed by atoms with van der Waals surface area (Å²) in [6.07, 6.45) is 4.68. The molecule has 0 aliphatic carbocycles. The molecular weight excluding hydrogens is 272 g/mol. The van der Waals surface area contributed by atoms with Gasteiger partial charge in [0.15, 0.2) is 8.32 Å². The fourth-order valence-electron chi connectivity index (χ4n) is 1.46. The van der Waals surface area contributed by atoms with Crippen molar-refractivity contribution in [2.75, 3.05) is 6.61 Å². The van der Waals surface area contributed by atoms with E-state index in [0.717, 1.165) is 32.6 Å². The molecule has 0 bridgehead atoms. The van der Waals surface area contributed by atoms with Crippen molar-refractivity contribution in [1.82, 2.24) is 0 Å². The van der Waals surface area contributed by atoms with E-state index in [1.165, 1.54) is 0 Å². The standard InChI is InChI=1S/C13H30O2Si.C2H4O2/c1-12(10-8-7-9-11-14)15-16(5,6)13(2,3)4;1-2(3)4/h12,14H,7-11H2,1-6H3;1H3,(H,3,4). The number of carboxylic acids is 1. The van der Waals surface area contributed by atoms with Crippen LogP contribution in [0.4, 0.5) is 0 Å². The van der Waals surface area contributed by atoms with Gasteiger partial charge < -0.3 is 14.6 Å². The maximum Gasteiger partial charge on any atom is 0.300 e. The smallest absolute Gasteiger partial charge is 0.300 e.